The lowest BCUT2D eigenvalue weighted by molar-refractivity contribution is 0.660. The fourth-order valence-electron chi connectivity index (χ4n) is 7.44. The zero-order valence-electron chi connectivity index (χ0n) is 28.6. The van der Waals surface area contributed by atoms with Crippen molar-refractivity contribution in [2.24, 2.45) is 0 Å². The first-order valence-corrected chi connectivity index (χ1v) is 17.4. The lowest BCUT2D eigenvalue weighted by Crippen LogP contribution is -2.14. The third-order valence-corrected chi connectivity index (χ3v) is 10.2. The van der Waals surface area contributed by atoms with Crippen LogP contribution in [0.5, 0.6) is 0 Å². The summed E-state index contributed by atoms with van der Waals surface area (Å²) in [5, 5.41) is 0. The summed E-state index contributed by atoms with van der Waals surface area (Å²) >= 11 is 0. The highest BCUT2D eigenvalue weighted by molar-refractivity contribution is 5.92. The van der Waals surface area contributed by atoms with Crippen LogP contribution in [0, 0.1) is 0 Å². The first-order valence-electron chi connectivity index (χ1n) is 17.4. The quantitative estimate of drug-likeness (QED) is 0.179. The van der Waals surface area contributed by atoms with Crippen molar-refractivity contribution in [3.05, 3.63) is 187 Å². The van der Waals surface area contributed by atoms with E-state index in [0.29, 0.717) is 17.5 Å². The van der Waals surface area contributed by atoms with Gasteiger partial charge < -0.3 is 0 Å². The van der Waals surface area contributed by atoms with E-state index in [1.807, 2.05) is 12.1 Å². The van der Waals surface area contributed by atoms with Crippen LogP contribution in [0.25, 0.3) is 78.7 Å². The molecule has 1 heterocycles. The van der Waals surface area contributed by atoms with Crippen LogP contribution < -0.4 is 0 Å². The molecule has 0 saturated heterocycles. The van der Waals surface area contributed by atoms with Gasteiger partial charge in [0.2, 0.25) is 0 Å². The first kappa shape index (κ1) is 30.6. The molecule has 51 heavy (non-hydrogen) atoms. The largest absolute Gasteiger partial charge is 0.208 e. The van der Waals surface area contributed by atoms with Gasteiger partial charge in [-0.15, -0.1) is 0 Å². The van der Waals surface area contributed by atoms with Crippen LogP contribution in [-0.4, -0.2) is 15.0 Å². The number of hydrogen-bond donors (Lipinski definition) is 0. The molecule has 1 aliphatic carbocycles. The summed E-state index contributed by atoms with van der Waals surface area (Å²) in [5.74, 6) is 1.93. The second kappa shape index (κ2) is 12.5. The molecule has 1 aliphatic rings. The fourth-order valence-corrected chi connectivity index (χ4v) is 7.44. The molecule has 7 aromatic carbocycles. The third kappa shape index (κ3) is 5.53. The van der Waals surface area contributed by atoms with E-state index < -0.39 is 0 Å². The molecule has 8 aromatic rings. The number of fused-ring (bicyclic) bond motifs is 3. The van der Waals surface area contributed by atoms with Gasteiger partial charge in [-0.3, -0.25) is 0 Å². The van der Waals surface area contributed by atoms with E-state index in [-0.39, 0.29) is 5.41 Å². The van der Waals surface area contributed by atoms with Gasteiger partial charge in [0.15, 0.2) is 17.5 Å². The number of rotatable bonds is 6. The van der Waals surface area contributed by atoms with Gasteiger partial charge in [-0.2, -0.15) is 0 Å². The maximum atomic E-state index is 5.05. The van der Waals surface area contributed by atoms with Crippen LogP contribution in [0.2, 0.25) is 0 Å². The molecule has 9 rings (SSSR count). The molecule has 242 valence electrons. The Balaban J connectivity index is 1.12. The molecule has 0 unspecified atom stereocenters. The van der Waals surface area contributed by atoms with Crippen LogP contribution in [-0.2, 0) is 5.41 Å². The summed E-state index contributed by atoms with van der Waals surface area (Å²) in [4.78, 5) is 15.1. The minimum atomic E-state index is -0.0435. The Bertz CT molecular complexity index is 2400. The van der Waals surface area contributed by atoms with Gasteiger partial charge in [-0.25, -0.2) is 15.0 Å². The monoisotopic (exact) mass is 653 g/mol. The Morgan fingerprint density at radius 1 is 0.294 bits per heavy atom. The maximum Gasteiger partial charge on any atom is 0.164 e. The molecule has 0 saturated carbocycles. The summed E-state index contributed by atoms with van der Waals surface area (Å²) in [6.45, 7) is 4.65. The van der Waals surface area contributed by atoms with Crippen molar-refractivity contribution in [1.29, 1.82) is 0 Å². The summed E-state index contributed by atoms with van der Waals surface area (Å²) in [5.41, 5.74) is 15.3. The Labute approximate surface area is 299 Å². The molecule has 1 aromatic heterocycles. The Morgan fingerprint density at radius 3 is 1.14 bits per heavy atom. The highest BCUT2D eigenvalue weighted by Gasteiger charge is 2.36. The van der Waals surface area contributed by atoms with Crippen LogP contribution in [0.15, 0.2) is 176 Å². The molecule has 0 radical (unpaired) electrons. The van der Waals surface area contributed by atoms with E-state index in [1.54, 1.807) is 0 Å². The first-order chi connectivity index (χ1) is 25.0. The van der Waals surface area contributed by atoms with Gasteiger partial charge in [0.25, 0.3) is 0 Å². The van der Waals surface area contributed by atoms with Gasteiger partial charge in [-0.05, 0) is 55.6 Å². The van der Waals surface area contributed by atoms with Crippen LogP contribution in [0.4, 0.5) is 0 Å². The van der Waals surface area contributed by atoms with Crippen LogP contribution >= 0.6 is 0 Å². The van der Waals surface area contributed by atoms with Gasteiger partial charge >= 0.3 is 0 Å². The summed E-state index contributed by atoms with van der Waals surface area (Å²) in [6.07, 6.45) is 0. The molecule has 0 spiro atoms. The van der Waals surface area contributed by atoms with Crippen molar-refractivity contribution in [1.82, 2.24) is 15.0 Å². The van der Waals surface area contributed by atoms with Crippen molar-refractivity contribution in [3.8, 4) is 78.7 Å². The zero-order chi connectivity index (χ0) is 34.4. The molecule has 0 aliphatic heterocycles. The fraction of sp³-hybridized carbons (Fsp3) is 0.0625. The van der Waals surface area contributed by atoms with Crippen molar-refractivity contribution in [2.75, 3.05) is 0 Å². The van der Waals surface area contributed by atoms with E-state index in [0.717, 1.165) is 27.8 Å². The zero-order valence-corrected chi connectivity index (χ0v) is 28.6. The maximum absolute atomic E-state index is 5.05. The van der Waals surface area contributed by atoms with E-state index in [2.05, 4.69) is 178 Å². The minimum Gasteiger partial charge on any atom is -0.208 e. The van der Waals surface area contributed by atoms with E-state index >= 15 is 0 Å². The number of nitrogens with zero attached hydrogens (tertiary/aromatic N) is 3. The number of hydrogen-bond acceptors (Lipinski definition) is 3. The van der Waals surface area contributed by atoms with E-state index in [9.17, 15) is 0 Å². The Morgan fingerprint density at radius 2 is 0.647 bits per heavy atom. The van der Waals surface area contributed by atoms with E-state index in [1.165, 1.54) is 44.5 Å². The second-order valence-electron chi connectivity index (χ2n) is 13.7. The van der Waals surface area contributed by atoms with Crippen molar-refractivity contribution >= 4 is 0 Å². The molecule has 0 N–H and O–H groups in total. The van der Waals surface area contributed by atoms with Crippen molar-refractivity contribution in [3.63, 3.8) is 0 Å². The summed E-state index contributed by atoms with van der Waals surface area (Å²) in [6, 6.07) is 62.0. The number of benzene rings is 7. The number of aromatic nitrogens is 3. The minimum absolute atomic E-state index is 0.0435. The molecule has 3 nitrogen and oxygen atoms in total. The molecular weight excluding hydrogens is 619 g/mol. The normalized spacial score (nSPS) is 12.7. The SMILES string of the molecule is CC1(C)c2ccccc2-c2c(-c3ccc(-c4nc(-c5ccc(-c6ccccc6)cc5)nc(-c5ccc(-c6ccccc6)cc5)n4)cc3)cccc21. The average molecular weight is 654 g/mol. The van der Waals surface area contributed by atoms with Crippen LogP contribution in [0.1, 0.15) is 25.0 Å². The highest BCUT2D eigenvalue weighted by Crippen LogP contribution is 2.52. The van der Waals surface area contributed by atoms with Gasteiger partial charge in [0.05, 0.1) is 0 Å². The highest BCUT2D eigenvalue weighted by atomic mass is 15.0. The lowest BCUT2D eigenvalue weighted by Gasteiger charge is -2.21. The van der Waals surface area contributed by atoms with Gasteiger partial charge in [0, 0.05) is 22.1 Å². The Kier molecular flexibility index (Phi) is 7.48. The van der Waals surface area contributed by atoms with Gasteiger partial charge in [0.1, 0.15) is 0 Å². The van der Waals surface area contributed by atoms with Gasteiger partial charge in [-0.1, -0.05) is 190 Å². The topological polar surface area (TPSA) is 38.7 Å². The van der Waals surface area contributed by atoms with Crippen molar-refractivity contribution in [2.45, 2.75) is 19.3 Å². The molecule has 3 heteroatoms. The smallest absolute Gasteiger partial charge is 0.164 e. The standard InChI is InChI=1S/C48H35N3/c1-48(2)42-18-10-9-16-41(42)44-40(17-11-19-43(44)48)36-24-30-39(31-25-36)47-50-45(37-26-20-34(21-27-37)32-12-5-3-6-13-32)49-46(51-47)38-28-22-35(23-29-38)33-14-7-4-8-15-33/h3-31H,1-2H3. The molecular formula is C48H35N3. The predicted octanol–water partition coefficient (Wildman–Crippen LogP) is 12.2. The predicted molar refractivity (Wildman–Crippen MR) is 210 cm³/mol. The average Bonchev–Trinajstić information content (AvgIpc) is 3.44. The molecule has 0 atom stereocenters. The molecule has 0 fully saturated rings. The van der Waals surface area contributed by atoms with E-state index in [4.69, 9.17) is 15.0 Å². The van der Waals surface area contributed by atoms with Crippen molar-refractivity contribution < 1.29 is 0 Å². The summed E-state index contributed by atoms with van der Waals surface area (Å²) in [7, 11) is 0. The molecule has 0 amide bonds. The van der Waals surface area contributed by atoms with Crippen LogP contribution in [0.3, 0.4) is 0 Å². The third-order valence-electron chi connectivity index (χ3n) is 10.2. The Hall–Kier alpha value is -6.45. The molecule has 0 bridgehead atoms. The second-order valence-corrected chi connectivity index (χ2v) is 13.7. The summed E-state index contributed by atoms with van der Waals surface area (Å²) < 4.78 is 0. The lowest BCUT2D eigenvalue weighted by atomic mass is 9.82.